The van der Waals surface area contributed by atoms with Crippen LogP contribution in [-0.2, 0) is 4.79 Å². The molecule has 0 aromatic rings. The molecule has 0 aliphatic rings. The smallest absolute Gasteiger partial charge is 0.303 e. The van der Waals surface area contributed by atoms with Crippen LogP contribution in [0.2, 0.25) is 0 Å². The van der Waals surface area contributed by atoms with Crippen molar-refractivity contribution in [2.75, 3.05) is 0 Å². The molecular formula is C22H34O2. The van der Waals surface area contributed by atoms with E-state index in [1.165, 1.54) is 0 Å². The Labute approximate surface area is 148 Å². The monoisotopic (exact) mass is 330 g/mol. The summed E-state index contributed by atoms with van der Waals surface area (Å²) in [6.07, 6.45) is 31.3. The predicted octanol–water partition coefficient (Wildman–Crippen LogP) is 6.77. The number of hydrogen-bond donors (Lipinski definition) is 1. The molecule has 0 radical (unpaired) electrons. The zero-order valence-corrected chi connectivity index (χ0v) is 15.2. The number of allylic oxidation sites excluding steroid dienone is 10. The normalized spacial score (nSPS) is 12.7. The van der Waals surface area contributed by atoms with Gasteiger partial charge in [-0.05, 0) is 51.4 Å². The van der Waals surface area contributed by atoms with E-state index in [4.69, 9.17) is 5.11 Å². The molecular weight excluding hydrogens is 296 g/mol. The highest BCUT2D eigenvalue weighted by Crippen LogP contribution is 2.04. The maximum absolute atomic E-state index is 10.3. The summed E-state index contributed by atoms with van der Waals surface area (Å²) in [5.74, 6) is -0.690. The van der Waals surface area contributed by atoms with Crippen molar-refractivity contribution in [3.05, 3.63) is 60.8 Å². The Morgan fingerprint density at radius 3 is 1.58 bits per heavy atom. The zero-order chi connectivity index (χ0) is 17.7. The van der Waals surface area contributed by atoms with E-state index in [0.717, 1.165) is 57.8 Å². The first-order valence-corrected chi connectivity index (χ1v) is 9.24. The maximum Gasteiger partial charge on any atom is 0.303 e. The van der Waals surface area contributed by atoms with Crippen LogP contribution in [0.4, 0.5) is 0 Å². The average Bonchev–Trinajstić information content (AvgIpc) is 2.56. The SMILES string of the molecule is CC/C=C\CC=CCC=CCC=CCC=CCCCCCC(=O)O. The topological polar surface area (TPSA) is 37.3 Å². The molecule has 0 amide bonds. The summed E-state index contributed by atoms with van der Waals surface area (Å²) in [5.41, 5.74) is 0. The molecule has 0 rings (SSSR count). The van der Waals surface area contributed by atoms with Gasteiger partial charge in [0.25, 0.3) is 0 Å². The number of carboxylic acids is 1. The lowest BCUT2D eigenvalue weighted by molar-refractivity contribution is -0.137. The van der Waals surface area contributed by atoms with E-state index >= 15 is 0 Å². The molecule has 0 saturated heterocycles. The van der Waals surface area contributed by atoms with Gasteiger partial charge in [0.2, 0.25) is 0 Å². The first-order valence-electron chi connectivity index (χ1n) is 9.24. The van der Waals surface area contributed by atoms with E-state index in [0.29, 0.717) is 6.42 Å². The lowest BCUT2D eigenvalue weighted by Gasteiger charge is -1.94. The quantitative estimate of drug-likeness (QED) is 0.265. The molecule has 24 heavy (non-hydrogen) atoms. The van der Waals surface area contributed by atoms with Gasteiger partial charge in [0.05, 0.1) is 0 Å². The van der Waals surface area contributed by atoms with Crippen LogP contribution in [0.5, 0.6) is 0 Å². The molecule has 2 nitrogen and oxygen atoms in total. The second-order valence-corrected chi connectivity index (χ2v) is 5.70. The van der Waals surface area contributed by atoms with Gasteiger partial charge in [-0.3, -0.25) is 4.79 Å². The minimum absolute atomic E-state index is 0.297. The first kappa shape index (κ1) is 22.2. The third-order valence-electron chi connectivity index (χ3n) is 3.42. The maximum atomic E-state index is 10.3. The summed E-state index contributed by atoms with van der Waals surface area (Å²) < 4.78 is 0. The summed E-state index contributed by atoms with van der Waals surface area (Å²) in [7, 11) is 0. The van der Waals surface area contributed by atoms with Gasteiger partial charge in [-0.25, -0.2) is 0 Å². The van der Waals surface area contributed by atoms with Crippen molar-refractivity contribution in [2.24, 2.45) is 0 Å². The fourth-order valence-electron chi connectivity index (χ4n) is 2.08. The Kier molecular flexibility index (Phi) is 17.8. The van der Waals surface area contributed by atoms with Gasteiger partial charge in [0.1, 0.15) is 0 Å². The molecule has 2 heteroatoms. The molecule has 134 valence electrons. The molecule has 0 heterocycles. The van der Waals surface area contributed by atoms with Gasteiger partial charge in [-0.15, -0.1) is 0 Å². The average molecular weight is 331 g/mol. The van der Waals surface area contributed by atoms with Crippen LogP contribution >= 0.6 is 0 Å². The molecule has 1 N–H and O–H groups in total. The van der Waals surface area contributed by atoms with Crippen LogP contribution < -0.4 is 0 Å². The summed E-state index contributed by atoms with van der Waals surface area (Å²) in [5, 5.41) is 8.52. The van der Waals surface area contributed by atoms with Crippen LogP contribution in [0.3, 0.4) is 0 Å². The molecule has 0 aliphatic carbocycles. The Morgan fingerprint density at radius 2 is 1.12 bits per heavy atom. The number of aliphatic carboxylic acids is 1. The minimum Gasteiger partial charge on any atom is -0.481 e. The largest absolute Gasteiger partial charge is 0.481 e. The van der Waals surface area contributed by atoms with Gasteiger partial charge in [0.15, 0.2) is 0 Å². The Hall–Kier alpha value is -1.83. The van der Waals surface area contributed by atoms with Crippen molar-refractivity contribution in [3.8, 4) is 0 Å². The third kappa shape index (κ3) is 20.2. The highest BCUT2D eigenvalue weighted by molar-refractivity contribution is 5.66. The summed E-state index contributed by atoms with van der Waals surface area (Å²) in [6, 6.07) is 0. The molecule has 0 atom stereocenters. The number of carboxylic acid groups (broad SMARTS) is 1. The van der Waals surface area contributed by atoms with E-state index in [2.05, 4.69) is 67.7 Å². The fraction of sp³-hybridized carbons (Fsp3) is 0.500. The lowest BCUT2D eigenvalue weighted by atomic mass is 10.1. The van der Waals surface area contributed by atoms with Crippen LogP contribution in [0.25, 0.3) is 0 Å². The number of rotatable bonds is 15. The van der Waals surface area contributed by atoms with E-state index in [1.54, 1.807) is 0 Å². The minimum atomic E-state index is -0.690. The molecule has 0 spiro atoms. The molecule has 0 aromatic heterocycles. The Bertz CT molecular complexity index is 425. The zero-order valence-electron chi connectivity index (χ0n) is 15.2. The highest BCUT2D eigenvalue weighted by Gasteiger charge is 1.94. The first-order chi connectivity index (χ1) is 11.8. The molecule has 0 aliphatic heterocycles. The van der Waals surface area contributed by atoms with Crippen molar-refractivity contribution in [3.63, 3.8) is 0 Å². The number of carbonyl (C=O) groups is 1. The number of unbranched alkanes of at least 4 members (excludes halogenated alkanes) is 3. The van der Waals surface area contributed by atoms with Crippen molar-refractivity contribution < 1.29 is 9.90 Å². The molecule has 0 bridgehead atoms. The predicted molar refractivity (Wildman–Crippen MR) is 105 cm³/mol. The lowest BCUT2D eigenvalue weighted by Crippen LogP contribution is -1.93. The molecule has 0 fully saturated rings. The molecule has 0 unspecified atom stereocenters. The summed E-state index contributed by atoms with van der Waals surface area (Å²) >= 11 is 0. The fourth-order valence-corrected chi connectivity index (χ4v) is 2.08. The van der Waals surface area contributed by atoms with Gasteiger partial charge in [-0.1, -0.05) is 74.1 Å². The van der Waals surface area contributed by atoms with Gasteiger partial charge in [-0.2, -0.15) is 0 Å². The van der Waals surface area contributed by atoms with Crippen LogP contribution in [-0.4, -0.2) is 11.1 Å². The van der Waals surface area contributed by atoms with Crippen molar-refractivity contribution >= 4 is 5.97 Å². The third-order valence-corrected chi connectivity index (χ3v) is 3.42. The van der Waals surface area contributed by atoms with E-state index in [-0.39, 0.29) is 0 Å². The Balaban J connectivity index is 3.42. The van der Waals surface area contributed by atoms with E-state index in [1.807, 2.05) is 0 Å². The van der Waals surface area contributed by atoms with Crippen LogP contribution in [0, 0.1) is 0 Å². The summed E-state index contributed by atoms with van der Waals surface area (Å²) in [6.45, 7) is 2.15. The summed E-state index contributed by atoms with van der Waals surface area (Å²) in [4.78, 5) is 10.3. The van der Waals surface area contributed by atoms with Crippen molar-refractivity contribution in [1.29, 1.82) is 0 Å². The highest BCUT2D eigenvalue weighted by atomic mass is 16.4. The van der Waals surface area contributed by atoms with Gasteiger partial charge >= 0.3 is 5.97 Å². The van der Waals surface area contributed by atoms with Crippen LogP contribution in [0.1, 0.15) is 71.1 Å². The van der Waals surface area contributed by atoms with Crippen molar-refractivity contribution in [2.45, 2.75) is 71.1 Å². The molecule has 0 aromatic carbocycles. The van der Waals surface area contributed by atoms with Crippen molar-refractivity contribution in [1.82, 2.24) is 0 Å². The van der Waals surface area contributed by atoms with Gasteiger partial charge in [0, 0.05) is 6.42 Å². The van der Waals surface area contributed by atoms with E-state index in [9.17, 15) is 4.79 Å². The van der Waals surface area contributed by atoms with Crippen LogP contribution in [0.15, 0.2) is 60.8 Å². The molecule has 0 saturated carbocycles. The second-order valence-electron chi connectivity index (χ2n) is 5.70. The van der Waals surface area contributed by atoms with E-state index < -0.39 is 5.97 Å². The van der Waals surface area contributed by atoms with Gasteiger partial charge < -0.3 is 5.11 Å². The second kappa shape index (κ2) is 19.2. The standard InChI is InChI=1S/C22H34O2/c1-2-3-4-5-6-7-8-9-10-11-12-13-14-15-16-17-18-19-20-21-22(23)24/h3-4,6-7,9-10,12-13,15-16H,2,5,8,11,14,17-21H2,1H3,(H,23,24)/b4-3-,7-6?,10-9?,13-12?,16-15?. The number of hydrogen-bond acceptors (Lipinski definition) is 1. The Morgan fingerprint density at radius 1 is 0.667 bits per heavy atom.